The fraction of sp³-hybridized carbons (Fsp3) is 0.538. The molecule has 1 spiro atoms. The summed E-state index contributed by atoms with van der Waals surface area (Å²) in [5.74, 6) is -0.627. The molecule has 3 aliphatic rings. The highest BCUT2D eigenvalue weighted by molar-refractivity contribution is 6.35. The van der Waals surface area contributed by atoms with E-state index in [2.05, 4.69) is 33.9 Å². The first-order valence-electron chi connectivity index (χ1n) is 12.3. The summed E-state index contributed by atoms with van der Waals surface area (Å²) in [4.78, 5) is 41.8. The molecule has 2 saturated carbocycles. The molecule has 1 aromatic carbocycles. The van der Waals surface area contributed by atoms with E-state index in [1.807, 2.05) is 0 Å². The molecule has 3 amide bonds. The van der Waals surface area contributed by atoms with E-state index in [0.717, 1.165) is 25.7 Å². The number of ether oxygens (including phenoxy) is 1. The van der Waals surface area contributed by atoms with Gasteiger partial charge in [-0.2, -0.15) is 5.26 Å². The van der Waals surface area contributed by atoms with Crippen molar-refractivity contribution in [2.75, 3.05) is 7.11 Å². The van der Waals surface area contributed by atoms with Gasteiger partial charge in [-0.3, -0.25) is 14.4 Å². The van der Waals surface area contributed by atoms with Gasteiger partial charge in [0.05, 0.1) is 23.7 Å². The summed E-state index contributed by atoms with van der Waals surface area (Å²) in [6.45, 7) is 2.08. The monoisotopic (exact) mass is 511 g/mol. The number of hydrogen-bond donors (Lipinski definition) is 4. The maximum Gasteiger partial charge on any atom is 0.268 e. The average molecular weight is 512 g/mol. The summed E-state index contributed by atoms with van der Waals surface area (Å²) < 4.78 is 5.24. The molecule has 3 unspecified atom stereocenters. The molecule has 3 atom stereocenters. The average Bonchev–Trinajstić information content (AvgIpc) is 3.68. The number of hydrogen-bond acceptors (Lipinski definition) is 5. The topological polar surface area (TPSA) is 136 Å². The van der Waals surface area contributed by atoms with Crippen molar-refractivity contribution < 1.29 is 19.1 Å². The molecule has 10 heteroatoms. The SMILES string of the molecule is COc1cc(Cl)c2[nH]c(C(=O)NC(CC3(C)CC3)C(=O)NC(C#N)CC3CC4(CC4)NC3=O)cc2c1. The number of nitriles is 1. The number of nitrogens with one attached hydrogen (secondary N) is 4. The number of aromatic nitrogens is 1. The number of carbonyl (C=O) groups excluding carboxylic acids is 3. The molecule has 1 aliphatic heterocycles. The van der Waals surface area contributed by atoms with E-state index >= 15 is 0 Å². The van der Waals surface area contributed by atoms with Gasteiger partial charge in [-0.25, -0.2) is 0 Å². The first kappa shape index (κ1) is 24.4. The molecule has 0 bridgehead atoms. The van der Waals surface area contributed by atoms with E-state index in [0.29, 0.717) is 34.5 Å². The van der Waals surface area contributed by atoms with E-state index in [4.69, 9.17) is 16.3 Å². The fourth-order valence-corrected chi connectivity index (χ4v) is 5.38. The maximum absolute atomic E-state index is 13.3. The van der Waals surface area contributed by atoms with E-state index in [1.54, 1.807) is 18.2 Å². The van der Waals surface area contributed by atoms with Gasteiger partial charge >= 0.3 is 0 Å². The molecular weight excluding hydrogens is 482 g/mol. The van der Waals surface area contributed by atoms with E-state index in [1.165, 1.54) is 7.11 Å². The zero-order valence-electron chi connectivity index (χ0n) is 20.4. The Morgan fingerprint density at radius 2 is 2.00 bits per heavy atom. The maximum atomic E-state index is 13.3. The minimum atomic E-state index is -0.815. The zero-order chi connectivity index (χ0) is 25.7. The Morgan fingerprint density at radius 1 is 1.25 bits per heavy atom. The molecule has 1 saturated heterocycles. The van der Waals surface area contributed by atoms with Crippen LogP contribution in [0.25, 0.3) is 10.9 Å². The highest BCUT2D eigenvalue weighted by Gasteiger charge is 2.52. The predicted octanol–water partition coefficient (Wildman–Crippen LogP) is 3.19. The van der Waals surface area contributed by atoms with Gasteiger partial charge < -0.3 is 25.7 Å². The van der Waals surface area contributed by atoms with Gasteiger partial charge in [0.25, 0.3) is 5.91 Å². The fourth-order valence-electron chi connectivity index (χ4n) is 5.12. The minimum Gasteiger partial charge on any atom is -0.497 e. The van der Waals surface area contributed by atoms with Crippen molar-refractivity contribution in [3.63, 3.8) is 0 Å². The van der Waals surface area contributed by atoms with Gasteiger partial charge in [0, 0.05) is 22.9 Å². The third-order valence-corrected chi connectivity index (χ3v) is 8.10. The lowest BCUT2D eigenvalue weighted by Gasteiger charge is -2.23. The molecule has 9 nitrogen and oxygen atoms in total. The molecule has 5 rings (SSSR count). The summed E-state index contributed by atoms with van der Waals surface area (Å²) in [6, 6.07) is 5.59. The van der Waals surface area contributed by atoms with Gasteiger partial charge in [0.15, 0.2) is 0 Å². The number of H-pyrrole nitrogens is 1. The van der Waals surface area contributed by atoms with Gasteiger partial charge in [0.1, 0.15) is 23.5 Å². The molecule has 4 N–H and O–H groups in total. The molecule has 0 radical (unpaired) electrons. The number of rotatable bonds is 9. The van der Waals surface area contributed by atoms with Crippen LogP contribution >= 0.6 is 11.6 Å². The third-order valence-electron chi connectivity index (χ3n) is 7.80. The van der Waals surface area contributed by atoms with Crippen molar-refractivity contribution >= 4 is 40.2 Å². The number of amides is 3. The Bertz CT molecular complexity index is 1270. The Balaban J connectivity index is 1.28. The standard InChI is InChI=1S/C26H30ClN5O4/c1-25(3-4-25)12-20(24(35)29-16(13-28)7-15-11-26(5-6-26)32-22(15)33)31-23(34)19-9-14-8-17(36-2)10-18(27)21(14)30-19/h8-10,15-16,20,30H,3-7,11-12H2,1-2H3,(H,29,35)(H,31,34)(H,32,33). The molecule has 2 aromatic rings. The predicted molar refractivity (Wildman–Crippen MR) is 133 cm³/mol. The van der Waals surface area contributed by atoms with E-state index in [-0.39, 0.29) is 34.9 Å². The number of benzene rings is 1. The summed E-state index contributed by atoms with van der Waals surface area (Å²) >= 11 is 6.32. The third kappa shape index (κ3) is 5.00. The number of halogens is 1. The Labute approximate surface area is 214 Å². The molecular formula is C26H30ClN5O4. The molecule has 2 aliphatic carbocycles. The van der Waals surface area contributed by atoms with Crippen LogP contribution in [0.2, 0.25) is 5.02 Å². The van der Waals surface area contributed by atoms with Crippen molar-refractivity contribution in [3.05, 3.63) is 28.9 Å². The lowest BCUT2D eigenvalue weighted by Crippen LogP contribution is -2.50. The van der Waals surface area contributed by atoms with E-state index < -0.39 is 23.9 Å². The van der Waals surface area contributed by atoms with Crippen molar-refractivity contribution in [1.29, 1.82) is 5.26 Å². The lowest BCUT2D eigenvalue weighted by molar-refractivity contribution is -0.125. The second-order valence-corrected chi connectivity index (χ2v) is 11.3. The van der Waals surface area contributed by atoms with Crippen LogP contribution in [-0.2, 0) is 9.59 Å². The second kappa shape index (κ2) is 9.00. The summed E-state index contributed by atoms with van der Waals surface area (Å²) in [5.41, 5.74) is 0.756. The molecule has 3 fully saturated rings. The Hall–Kier alpha value is -3.25. The van der Waals surface area contributed by atoms with Gasteiger partial charge in [0.2, 0.25) is 11.8 Å². The summed E-state index contributed by atoms with van der Waals surface area (Å²) in [6.07, 6.45) is 5.31. The van der Waals surface area contributed by atoms with E-state index in [9.17, 15) is 19.6 Å². The Kier molecular flexibility index (Phi) is 6.11. The molecule has 2 heterocycles. The highest BCUT2D eigenvalue weighted by Crippen LogP contribution is 2.49. The van der Waals surface area contributed by atoms with Gasteiger partial charge in [-0.05, 0) is 62.5 Å². The number of fused-ring (bicyclic) bond motifs is 1. The number of nitrogens with zero attached hydrogens (tertiary/aromatic N) is 1. The number of carbonyl (C=O) groups is 3. The minimum absolute atomic E-state index is 0.0295. The van der Waals surface area contributed by atoms with Crippen LogP contribution < -0.4 is 20.7 Å². The largest absolute Gasteiger partial charge is 0.497 e. The summed E-state index contributed by atoms with van der Waals surface area (Å²) in [7, 11) is 1.54. The van der Waals surface area contributed by atoms with Crippen LogP contribution in [0.4, 0.5) is 0 Å². The summed E-state index contributed by atoms with van der Waals surface area (Å²) in [5, 5.41) is 19.5. The lowest BCUT2D eigenvalue weighted by atomic mass is 9.95. The Morgan fingerprint density at radius 3 is 2.61 bits per heavy atom. The highest BCUT2D eigenvalue weighted by atomic mass is 35.5. The van der Waals surface area contributed by atoms with Gasteiger partial charge in [-0.1, -0.05) is 18.5 Å². The van der Waals surface area contributed by atoms with Crippen LogP contribution in [0, 0.1) is 22.7 Å². The normalized spacial score (nSPS) is 22.4. The second-order valence-electron chi connectivity index (χ2n) is 10.9. The molecule has 190 valence electrons. The zero-order valence-corrected chi connectivity index (χ0v) is 21.1. The smallest absolute Gasteiger partial charge is 0.268 e. The van der Waals surface area contributed by atoms with Crippen LogP contribution in [0.5, 0.6) is 5.75 Å². The van der Waals surface area contributed by atoms with Crippen LogP contribution in [-0.4, -0.2) is 47.4 Å². The van der Waals surface area contributed by atoms with Crippen LogP contribution in [0.3, 0.4) is 0 Å². The van der Waals surface area contributed by atoms with Crippen molar-refractivity contribution in [3.8, 4) is 11.8 Å². The first-order valence-corrected chi connectivity index (χ1v) is 12.7. The first-order chi connectivity index (χ1) is 17.1. The quantitative estimate of drug-likeness (QED) is 0.410. The number of methoxy groups -OCH3 is 1. The van der Waals surface area contributed by atoms with Crippen LogP contribution in [0.15, 0.2) is 18.2 Å². The molecule has 36 heavy (non-hydrogen) atoms. The van der Waals surface area contributed by atoms with Crippen LogP contribution in [0.1, 0.15) is 62.4 Å². The van der Waals surface area contributed by atoms with Crippen molar-refractivity contribution in [1.82, 2.24) is 20.9 Å². The van der Waals surface area contributed by atoms with Crippen molar-refractivity contribution in [2.45, 2.75) is 69.5 Å². The van der Waals surface area contributed by atoms with Gasteiger partial charge in [-0.15, -0.1) is 0 Å². The molecule has 1 aromatic heterocycles. The number of aromatic amines is 1. The van der Waals surface area contributed by atoms with Crippen molar-refractivity contribution in [2.24, 2.45) is 11.3 Å².